The number of rotatable bonds is 6. The predicted molar refractivity (Wildman–Crippen MR) is 106 cm³/mol. The SMILES string of the molecule is CC(C)OP(=S)(NC(=S)NC12CC3CC(CC(C3)C1)C2)OC(C)C. The standard InChI is InChI=1S/C17H31N2O2PS2/c1-11(2)20-22(24,21-12(3)4)19-16(23)18-17-8-13-5-14(9-17)7-15(6-13)10-17/h11-15H,5-10H2,1-4H3,(H2,18,19,23,24). The van der Waals surface area contributed by atoms with Gasteiger partial charge in [-0.05, 0) is 108 Å². The minimum atomic E-state index is -2.62. The molecule has 0 unspecified atom stereocenters. The van der Waals surface area contributed by atoms with Gasteiger partial charge in [0.1, 0.15) is 0 Å². The molecule has 138 valence electrons. The third-order valence-electron chi connectivity index (χ3n) is 5.35. The lowest BCUT2D eigenvalue weighted by atomic mass is 9.53. The van der Waals surface area contributed by atoms with Gasteiger partial charge in [-0.1, -0.05) is 0 Å². The lowest BCUT2D eigenvalue weighted by Crippen LogP contribution is -2.61. The molecule has 2 N–H and O–H groups in total. The Labute approximate surface area is 157 Å². The molecule has 4 saturated carbocycles. The van der Waals surface area contributed by atoms with E-state index in [1.165, 1.54) is 38.5 Å². The topological polar surface area (TPSA) is 42.5 Å². The van der Waals surface area contributed by atoms with Gasteiger partial charge in [-0.25, -0.2) is 0 Å². The number of hydrogen-bond donors (Lipinski definition) is 2. The molecular weight excluding hydrogens is 359 g/mol. The number of nitrogens with one attached hydrogen (secondary N) is 2. The Balaban J connectivity index is 1.64. The predicted octanol–water partition coefficient (Wildman–Crippen LogP) is 4.49. The fraction of sp³-hybridized carbons (Fsp3) is 0.941. The molecule has 0 heterocycles. The summed E-state index contributed by atoms with van der Waals surface area (Å²) in [6, 6.07) is 0. The van der Waals surface area contributed by atoms with Gasteiger partial charge in [-0.3, -0.25) is 5.09 Å². The molecule has 0 aromatic rings. The maximum Gasteiger partial charge on any atom is 0.289 e. The highest BCUT2D eigenvalue weighted by Gasteiger charge is 2.51. The maximum absolute atomic E-state index is 5.91. The van der Waals surface area contributed by atoms with Crippen LogP contribution in [0.1, 0.15) is 66.2 Å². The summed E-state index contributed by atoms with van der Waals surface area (Å²) in [4.78, 5) is 0. The van der Waals surface area contributed by atoms with E-state index < -0.39 is 6.64 Å². The Morgan fingerprint density at radius 3 is 1.75 bits per heavy atom. The van der Waals surface area contributed by atoms with Crippen LogP contribution in [0.3, 0.4) is 0 Å². The summed E-state index contributed by atoms with van der Waals surface area (Å²) in [5.74, 6) is 2.65. The fourth-order valence-corrected chi connectivity index (χ4v) is 8.92. The summed E-state index contributed by atoms with van der Waals surface area (Å²) >= 11 is 11.3. The highest BCUT2D eigenvalue weighted by molar-refractivity contribution is 8.09. The Bertz CT molecular complexity index is 489. The van der Waals surface area contributed by atoms with Gasteiger partial charge in [0.25, 0.3) is 6.64 Å². The van der Waals surface area contributed by atoms with E-state index >= 15 is 0 Å². The zero-order chi connectivity index (χ0) is 17.5. The van der Waals surface area contributed by atoms with Gasteiger partial charge < -0.3 is 14.4 Å². The average Bonchev–Trinajstić information content (AvgIpc) is 2.32. The summed E-state index contributed by atoms with van der Waals surface area (Å²) in [6.45, 7) is 5.28. The maximum atomic E-state index is 5.91. The van der Waals surface area contributed by atoms with Gasteiger partial charge in [0.2, 0.25) is 0 Å². The van der Waals surface area contributed by atoms with E-state index in [0.29, 0.717) is 5.11 Å². The highest BCUT2D eigenvalue weighted by Crippen LogP contribution is 2.56. The van der Waals surface area contributed by atoms with Crippen molar-refractivity contribution >= 4 is 35.8 Å². The van der Waals surface area contributed by atoms with E-state index in [1.807, 2.05) is 27.7 Å². The van der Waals surface area contributed by atoms with E-state index in [2.05, 4.69) is 10.4 Å². The van der Waals surface area contributed by atoms with Crippen LogP contribution in [0.25, 0.3) is 0 Å². The molecule has 0 spiro atoms. The molecule has 4 aliphatic rings. The first-order chi connectivity index (χ1) is 11.2. The molecule has 4 fully saturated rings. The summed E-state index contributed by atoms with van der Waals surface area (Å²) < 4.78 is 11.8. The van der Waals surface area contributed by atoms with Crippen LogP contribution in [0.5, 0.6) is 0 Å². The second-order valence-electron chi connectivity index (χ2n) is 8.57. The second-order valence-corrected chi connectivity index (χ2v) is 12.1. The van der Waals surface area contributed by atoms with Crippen LogP contribution in [0.2, 0.25) is 0 Å². The lowest BCUT2D eigenvalue weighted by molar-refractivity contribution is -0.0100. The molecule has 0 radical (unpaired) electrons. The number of thiocarbonyl (C=S) groups is 1. The molecular formula is C17H31N2O2PS2. The van der Waals surface area contributed by atoms with Crippen molar-refractivity contribution in [2.75, 3.05) is 0 Å². The third kappa shape index (κ3) is 4.50. The highest BCUT2D eigenvalue weighted by atomic mass is 32.5. The largest absolute Gasteiger partial charge is 0.357 e. The van der Waals surface area contributed by atoms with Crippen molar-refractivity contribution < 1.29 is 9.05 Å². The van der Waals surface area contributed by atoms with Crippen molar-refractivity contribution in [3.05, 3.63) is 0 Å². The van der Waals surface area contributed by atoms with Crippen LogP contribution in [-0.4, -0.2) is 22.9 Å². The minimum absolute atomic E-state index is 0.00410. The van der Waals surface area contributed by atoms with Crippen LogP contribution in [0.15, 0.2) is 0 Å². The van der Waals surface area contributed by atoms with E-state index in [-0.39, 0.29) is 17.7 Å². The van der Waals surface area contributed by atoms with Gasteiger partial charge in [0.15, 0.2) is 5.11 Å². The molecule has 4 bridgehead atoms. The Kier molecular flexibility index (Phi) is 5.64. The second kappa shape index (κ2) is 7.11. The first-order valence-corrected chi connectivity index (χ1v) is 12.3. The minimum Gasteiger partial charge on any atom is -0.357 e. The van der Waals surface area contributed by atoms with Gasteiger partial charge in [0, 0.05) is 5.54 Å². The van der Waals surface area contributed by atoms with Gasteiger partial charge >= 0.3 is 0 Å². The van der Waals surface area contributed by atoms with Gasteiger partial charge in [-0.2, -0.15) is 0 Å². The summed E-state index contributed by atoms with van der Waals surface area (Å²) in [5, 5.41) is 7.49. The van der Waals surface area contributed by atoms with Crippen LogP contribution in [0.4, 0.5) is 0 Å². The smallest absolute Gasteiger partial charge is 0.289 e. The molecule has 0 aliphatic heterocycles. The van der Waals surface area contributed by atoms with E-state index in [0.717, 1.165) is 17.8 Å². The van der Waals surface area contributed by atoms with Crippen LogP contribution in [0, 0.1) is 17.8 Å². The van der Waals surface area contributed by atoms with Crippen molar-refractivity contribution in [1.29, 1.82) is 0 Å². The van der Waals surface area contributed by atoms with Crippen molar-refractivity contribution in [2.45, 2.75) is 84.0 Å². The summed E-state index contributed by atoms with van der Waals surface area (Å²) in [5.41, 5.74) is 0.175. The Morgan fingerprint density at radius 2 is 1.38 bits per heavy atom. The summed E-state index contributed by atoms with van der Waals surface area (Å²) in [6.07, 6.45) is 8.03. The first kappa shape index (κ1) is 19.0. The van der Waals surface area contributed by atoms with Gasteiger partial charge in [-0.15, -0.1) is 0 Å². The molecule has 7 heteroatoms. The molecule has 0 aromatic carbocycles. The van der Waals surface area contributed by atoms with E-state index in [1.54, 1.807) is 0 Å². The van der Waals surface area contributed by atoms with Crippen LogP contribution >= 0.6 is 18.9 Å². The van der Waals surface area contributed by atoms with Crippen molar-refractivity contribution in [3.63, 3.8) is 0 Å². The molecule has 0 aromatic heterocycles. The van der Waals surface area contributed by atoms with Crippen LogP contribution < -0.4 is 10.4 Å². The zero-order valence-corrected chi connectivity index (χ0v) is 17.7. The molecule has 4 aliphatic carbocycles. The lowest BCUT2D eigenvalue weighted by Gasteiger charge is -2.57. The normalized spacial score (nSPS) is 34.8. The molecule has 0 amide bonds. The van der Waals surface area contributed by atoms with E-state index in [4.69, 9.17) is 33.1 Å². The van der Waals surface area contributed by atoms with Gasteiger partial charge in [0.05, 0.1) is 12.2 Å². The van der Waals surface area contributed by atoms with Crippen molar-refractivity contribution in [1.82, 2.24) is 10.4 Å². The quantitative estimate of drug-likeness (QED) is 0.514. The molecule has 0 atom stereocenters. The molecule has 4 nitrogen and oxygen atoms in total. The molecule has 4 rings (SSSR count). The fourth-order valence-electron chi connectivity index (χ4n) is 5.29. The van der Waals surface area contributed by atoms with E-state index in [9.17, 15) is 0 Å². The summed E-state index contributed by atoms with van der Waals surface area (Å²) in [7, 11) is 0. The average molecular weight is 391 g/mol. The molecule has 24 heavy (non-hydrogen) atoms. The van der Waals surface area contributed by atoms with Crippen LogP contribution in [-0.2, 0) is 20.9 Å². The monoisotopic (exact) mass is 390 g/mol. The zero-order valence-electron chi connectivity index (χ0n) is 15.2. The number of hydrogen-bond acceptors (Lipinski definition) is 4. The third-order valence-corrected chi connectivity index (χ3v) is 8.40. The molecule has 0 saturated heterocycles. The van der Waals surface area contributed by atoms with Crippen molar-refractivity contribution in [2.24, 2.45) is 17.8 Å². The Hall–Kier alpha value is 0.260. The first-order valence-electron chi connectivity index (χ1n) is 9.24. The van der Waals surface area contributed by atoms with Crippen molar-refractivity contribution in [3.8, 4) is 0 Å². The Morgan fingerprint density at radius 1 is 0.958 bits per heavy atom.